The van der Waals surface area contributed by atoms with Crippen molar-refractivity contribution in [3.63, 3.8) is 0 Å². The van der Waals surface area contributed by atoms with Crippen LogP contribution in [0.2, 0.25) is 0 Å². The lowest BCUT2D eigenvalue weighted by Gasteiger charge is -2.30. The second-order valence-electron chi connectivity index (χ2n) is 8.20. The SMILES string of the molecule is COc1cc(N2CCCCC2)ccc1/C=C1\C(=O)NC(=S)N(c2ccc(C)c(C)c2)C1=O. The van der Waals surface area contributed by atoms with E-state index in [1.54, 1.807) is 13.2 Å². The number of piperidine rings is 1. The third-order valence-corrected chi connectivity index (χ3v) is 6.37. The lowest BCUT2D eigenvalue weighted by Crippen LogP contribution is -2.54. The van der Waals surface area contributed by atoms with Crippen LogP contribution in [0, 0.1) is 13.8 Å². The number of aryl methyl sites for hydroxylation is 2. The summed E-state index contributed by atoms with van der Waals surface area (Å²) in [6.45, 7) is 6.02. The van der Waals surface area contributed by atoms with E-state index in [1.165, 1.54) is 24.2 Å². The number of rotatable bonds is 4. The van der Waals surface area contributed by atoms with E-state index >= 15 is 0 Å². The van der Waals surface area contributed by atoms with E-state index in [9.17, 15) is 9.59 Å². The van der Waals surface area contributed by atoms with Crippen LogP contribution in [0.1, 0.15) is 36.0 Å². The van der Waals surface area contributed by atoms with Gasteiger partial charge in [0.25, 0.3) is 11.8 Å². The number of thiocarbonyl (C=S) groups is 1. The van der Waals surface area contributed by atoms with E-state index < -0.39 is 11.8 Å². The van der Waals surface area contributed by atoms with Gasteiger partial charge in [-0.1, -0.05) is 6.07 Å². The molecular formula is C25H27N3O3S. The number of carbonyl (C=O) groups excluding carboxylic acids is 2. The van der Waals surface area contributed by atoms with Gasteiger partial charge in [0.05, 0.1) is 12.8 Å². The fourth-order valence-electron chi connectivity index (χ4n) is 4.08. The van der Waals surface area contributed by atoms with E-state index in [1.807, 2.05) is 50.2 Å². The van der Waals surface area contributed by atoms with Crippen molar-refractivity contribution >= 4 is 46.6 Å². The molecule has 0 unspecified atom stereocenters. The second-order valence-corrected chi connectivity index (χ2v) is 8.59. The third kappa shape index (κ3) is 4.25. The summed E-state index contributed by atoms with van der Waals surface area (Å²) < 4.78 is 5.60. The molecule has 6 nitrogen and oxygen atoms in total. The van der Waals surface area contributed by atoms with Gasteiger partial charge in [0.15, 0.2) is 5.11 Å². The number of hydrogen-bond acceptors (Lipinski definition) is 5. The number of hydrogen-bond donors (Lipinski definition) is 1. The standard InChI is InChI=1S/C25H27N3O3S/c1-16-7-9-20(13-17(16)2)28-24(30)21(23(29)26-25(28)32)14-18-8-10-19(15-22(18)31-3)27-11-5-4-6-12-27/h7-10,13-15H,4-6,11-12H2,1-3H3,(H,26,29,32)/b21-14+. The van der Waals surface area contributed by atoms with Crippen LogP contribution in [0.4, 0.5) is 11.4 Å². The lowest BCUT2D eigenvalue weighted by atomic mass is 10.0. The van der Waals surface area contributed by atoms with Crippen LogP contribution in [0.15, 0.2) is 42.0 Å². The third-order valence-electron chi connectivity index (χ3n) is 6.09. The Bertz CT molecular complexity index is 1120. The Balaban J connectivity index is 1.68. The number of benzene rings is 2. The molecule has 2 saturated heterocycles. The van der Waals surface area contributed by atoms with Gasteiger partial charge >= 0.3 is 0 Å². The lowest BCUT2D eigenvalue weighted by molar-refractivity contribution is -0.122. The van der Waals surface area contributed by atoms with Crippen molar-refractivity contribution in [2.24, 2.45) is 0 Å². The van der Waals surface area contributed by atoms with Crippen LogP contribution in [0.3, 0.4) is 0 Å². The summed E-state index contributed by atoms with van der Waals surface area (Å²) in [5, 5.41) is 2.72. The molecule has 2 heterocycles. The van der Waals surface area contributed by atoms with E-state index in [0.29, 0.717) is 17.0 Å². The van der Waals surface area contributed by atoms with Gasteiger partial charge < -0.3 is 9.64 Å². The average Bonchev–Trinajstić information content (AvgIpc) is 2.79. The van der Waals surface area contributed by atoms with Crippen molar-refractivity contribution in [3.05, 3.63) is 58.7 Å². The van der Waals surface area contributed by atoms with Crippen LogP contribution >= 0.6 is 12.2 Å². The molecule has 0 radical (unpaired) electrons. The maximum Gasteiger partial charge on any atom is 0.270 e. The van der Waals surface area contributed by atoms with E-state index in [0.717, 1.165) is 29.9 Å². The molecule has 2 aliphatic rings. The fourth-order valence-corrected chi connectivity index (χ4v) is 4.36. The molecule has 0 atom stereocenters. The molecule has 1 N–H and O–H groups in total. The highest BCUT2D eigenvalue weighted by molar-refractivity contribution is 7.80. The van der Waals surface area contributed by atoms with E-state index in [2.05, 4.69) is 10.2 Å². The minimum Gasteiger partial charge on any atom is -0.496 e. The molecular weight excluding hydrogens is 422 g/mol. The summed E-state index contributed by atoms with van der Waals surface area (Å²) in [6, 6.07) is 11.5. The van der Waals surface area contributed by atoms with E-state index in [-0.39, 0.29) is 10.7 Å². The average molecular weight is 450 g/mol. The zero-order valence-electron chi connectivity index (χ0n) is 18.6. The van der Waals surface area contributed by atoms with Gasteiger partial charge in [-0.05, 0) is 86.8 Å². The van der Waals surface area contributed by atoms with Crippen LogP contribution in [0.25, 0.3) is 6.08 Å². The Kier molecular flexibility index (Phi) is 6.28. The van der Waals surface area contributed by atoms with Crippen molar-refractivity contribution in [3.8, 4) is 5.75 Å². The largest absolute Gasteiger partial charge is 0.496 e. The highest BCUT2D eigenvalue weighted by atomic mass is 32.1. The Hall–Kier alpha value is -3.19. The molecule has 7 heteroatoms. The second kappa shape index (κ2) is 9.12. The molecule has 2 aliphatic heterocycles. The minimum atomic E-state index is -0.512. The summed E-state index contributed by atoms with van der Waals surface area (Å²) in [5.74, 6) is -0.349. The number of ether oxygens (including phenoxy) is 1. The summed E-state index contributed by atoms with van der Waals surface area (Å²) in [5.41, 5.74) is 4.54. The fraction of sp³-hybridized carbons (Fsp3) is 0.320. The quantitative estimate of drug-likeness (QED) is 0.432. The van der Waals surface area contributed by atoms with Crippen LogP contribution in [0.5, 0.6) is 5.75 Å². The van der Waals surface area contributed by atoms with Gasteiger partial charge in [0.1, 0.15) is 11.3 Å². The molecule has 0 aromatic heterocycles. The maximum atomic E-state index is 13.3. The molecule has 2 fully saturated rings. The number of carbonyl (C=O) groups is 2. The van der Waals surface area contributed by atoms with Crippen LogP contribution < -0.4 is 19.9 Å². The highest BCUT2D eigenvalue weighted by Crippen LogP contribution is 2.31. The van der Waals surface area contributed by atoms with Gasteiger partial charge in [0.2, 0.25) is 0 Å². The van der Waals surface area contributed by atoms with Crippen LogP contribution in [-0.2, 0) is 9.59 Å². The smallest absolute Gasteiger partial charge is 0.270 e. The van der Waals surface area contributed by atoms with Crippen molar-refractivity contribution in [2.75, 3.05) is 30.0 Å². The topological polar surface area (TPSA) is 61.9 Å². The summed E-state index contributed by atoms with van der Waals surface area (Å²) in [7, 11) is 1.59. The Morgan fingerprint density at radius 3 is 2.38 bits per heavy atom. The normalized spacial score (nSPS) is 18.2. The predicted octanol–water partition coefficient (Wildman–Crippen LogP) is 4.13. The van der Waals surface area contributed by atoms with Crippen molar-refractivity contribution < 1.29 is 14.3 Å². The number of amides is 2. The molecule has 2 aromatic carbocycles. The first-order chi connectivity index (χ1) is 15.4. The Labute approximate surface area is 193 Å². The summed E-state index contributed by atoms with van der Waals surface area (Å²) >= 11 is 5.31. The number of methoxy groups -OCH3 is 1. The zero-order valence-corrected chi connectivity index (χ0v) is 19.4. The van der Waals surface area contributed by atoms with E-state index in [4.69, 9.17) is 17.0 Å². The Morgan fingerprint density at radius 1 is 0.969 bits per heavy atom. The van der Waals surface area contributed by atoms with Gasteiger partial charge in [-0.3, -0.25) is 19.8 Å². The van der Waals surface area contributed by atoms with Crippen molar-refractivity contribution in [1.29, 1.82) is 0 Å². The molecule has 4 rings (SSSR count). The number of nitrogens with zero attached hydrogens (tertiary/aromatic N) is 2. The number of nitrogens with one attached hydrogen (secondary N) is 1. The first-order valence-corrected chi connectivity index (χ1v) is 11.2. The Morgan fingerprint density at radius 2 is 1.69 bits per heavy atom. The molecule has 0 aliphatic carbocycles. The van der Waals surface area contributed by atoms with Crippen molar-refractivity contribution in [2.45, 2.75) is 33.1 Å². The first kappa shape index (κ1) is 22.0. The van der Waals surface area contributed by atoms with Crippen molar-refractivity contribution in [1.82, 2.24) is 5.32 Å². The molecule has 0 bridgehead atoms. The summed E-state index contributed by atoms with van der Waals surface area (Å²) in [4.78, 5) is 29.7. The minimum absolute atomic E-state index is 0.0147. The van der Waals surface area contributed by atoms with Gasteiger partial charge in [0, 0.05) is 30.4 Å². The van der Waals surface area contributed by atoms with Gasteiger partial charge in [-0.15, -0.1) is 0 Å². The summed E-state index contributed by atoms with van der Waals surface area (Å²) in [6.07, 6.45) is 5.19. The molecule has 0 spiro atoms. The van der Waals surface area contributed by atoms with Crippen LogP contribution in [-0.4, -0.2) is 37.1 Å². The molecule has 166 valence electrons. The predicted molar refractivity (Wildman–Crippen MR) is 131 cm³/mol. The first-order valence-electron chi connectivity index (χ1n) is 10.8. The molecule has 2 amide bonds. The molecule has 32 heavy (non-hydrogen) atoms. The van der Waals surface area contributed by atoms with Gasteiger partial charge in [-0.25, -0.2) is 0 Å². The molecule has 0 saturated carbocycles. The number of anilines is 2. The molecule has 2 aromatic rings. The maximum absolute atomic E-state index is 13.3. The zero-order chi connectivity index (χ0) is 22.8. The monoisotopic (exact) mass is 449 g/mol. The van der Waals surface area contributed by atoms with Gasteiger partial charge in [-0.2, -0.15) is 0 Å². The highest BCUT2D eigenvalue weighted by Gasteiger charge is 2.34.